The maximum absolute atomic E-state index is 12.4. The van der Waals surface area contributed by atoms with Crippen molar-refractivity contribution in [2.45, 2.75) is 63.8 Å². The lowest BCUT2D eigenvalue weighted by molar-refractivity contribution is -0.122. The molecule has 1 saturated carbocycles. The van der Waals surface area contributed by atoms with Crippen molar-refractivity contribution < 1.29 is 4.79 Å². The maximum atomic E-state index is 12.4. The molecule has 1 aliphatic carbocycles. The molecule has 134 valence electrons. The van der Waals surface area contributed by atoms with Crippen LogP contribution in [0.4, 0.5) is 0 Å². The van der Waals surface area contributed by atoms with Gasteiger partial charge in [-0.15, -0.1) is 0 Å². The van der Waals surface area contributed by atoms with Crippen molar-refractivity contribution >= 4 is 5.91 Å². The average Bonchev–Trinajstić information content (AvgIpc) is 3.11. The van der Waals surface area contributed by atoms with Gasteiger partial charge >= 0.3 is 0 Å². The third-order valence-corrected chi connectivity index (χ3v) is 5.49. The number of hydrogen-bond acceptors (Lipinski definition) is 3. The lowest BCUT2D eigenvalue weighted by atomic mass is 9.97. The van der Waals surface area contributed by atoms with E-state index in [1.807, 2.05) is 17.9 Å². The summed E-state index contributed by atoms with van der Waals surface area (Å²) in [5, 5.41) is 7.53. The molecule has 1 unspecified atom stereocenters. The molecule has 3 rings (SSSR count). The molecule has 24 heavy (non-hydrogen) atoms. The third-order valence-electron chi connectivity index (χ3n) is 5.49. The van der Waals surface area contributed by atoms with Crippen LogP contribution >= 0.6 is 0 Å². The number of amides is 1. The first-order valence-corrected chi connectivity index (χ1v) is 9.68. The predicted molar refractivity (Wildman–Crippen MR) is 95.7 cm³/mol. The number of nitrogens with zero attached hydrogens (tertiary/aromatic N) is 3. The van der Waals surface area contributed by atoms with Crippen LogP contribution in [0.25, 0.3) is 0 Å². The van der Waals surface area contributed by atoms with E-state index >= 15 is 0 Å². The van der Waals surface area contributed by atoms with Gasteiger partial charge in [0, 0.05) is 25.8 Å². The van der Waals surface area contributed by atoms with Gasteiger partial charge in [-0.1, -0.05) is 32.1 Å². The van der Waals surface area contributed by atoms with E-state index in [0.717, 1.165) is 32.4 Å². The smallest absolute Gasteiger partial charge is 0.234 e. The van der Waals surface area contributed by atoms with Crippen molar-refractivity contribution in [2.75, 3.05) is 19.6 Å². The maximum Gasteiger partial charge on any atom is 0.234 e. The first-order chi connectivity index (χ1) is 11.7. The van der Waals surface area contributed by atoms with Crippen molar-refractivity contribution in [1.29, 1.82) is 0 Å². The molecule has 1 amide bonds. The zero-order valence-corrected chi connectivity index (χ0v) is 15.0. The Hall–Kier alpha value is -1.36. The van der Waals surface area contributed by atoms with E-state index in [9.17, 15) is 4.79 Å². The van der Waals surface area contributed by atoms with Crippen LogP contribution in [0.1, 0.15) is 56.9 Å². The average molecular weight is 332 g/mol. The lowest BCUT2D eigenvalue weighted by Crippen LogP contribution is -2.41. The van der Waals surface area contributed by atoms with Gasteiger partial charge in [-0.05, 0) is 43.7 Å². The third kappa shape index (κ3) is 5.33. The van der Waals surface area contributed by atoms with E-state index in [4.69, 9.17) is 0 Å². The highest BCUT2D eigenvalue weighted by Gasteiger charge is 2.25. The molecule has 5 heteroatoms. The minimum absolute atomic E-state index is 0.225. The van der Waals surface area contributed by atoms with Crippen molar-refractivity contribution in [3.63, 3.8) is 0 Å². The van der Waals surface area contributed by atoms with E-state index < -0.39 is 0 Å². The van der Waals surface area contributed by atoms with E-state index in [1.165, 1.54) is 44.1 Å². The fourth-order valence-electron chi connectivity index (χ4n) is 4.21. The van der Waals surface area contributed by atoms with Gasteiger partial charge in [0.1, 0.15) is 0 Å². The van der Waals surface area contributed by atoms with Gasteiger partial charge in [0.05, 0.1) is 12.7 Å². The molecule has 1 atom stereocenters. The highest BCUT2D eigenvalue weighted by atomic mass is 16.2. The highest BCUT2D eigenvalue weighted by molar-refractivity contribution is 5.78. The Morgan fingerprint density at radius 1 is 1.21 bits per heavy atom. The van der Waals surface area contributed by atoms with Crippen LogP contribution in [0.15, 0.2) is 12.4 Å². The molecule has 1 aromatic rings. The number of nitrogens with one attached hydrogen (secondary N) is 1. The van der Waals surface area contributed by atoms with Gasteiger partial charge < -0.3 is 5.32 Å². The van der Waals surface area contributed by atoms with Crippen LogP contribution in [-0.2, 0) is 18.3 Å². The molecule has 0 spiro atoms. The molecular weight excluding hydrogens is 300 g/mol. The molecule has 0 radical (unpaired) electrons. The number of rotatable bonds is 5. The van der Waals surface area contributed by atoms with E-state index in [0.29, 0.717) is 18.5 Å². The Bertz CT molecular complexity index is 519. The fourth-order valence-corrected chi connectivity index (χ4v) is 4.21. The van der Waals surface area contributed by atoms with Crippen LogP contribution in [0.3, 0.4) is 0 Å². The monoisotopic (exact) mass is 332 g/mol. The summed E-state index contributed by atoms with van der Waals surface area (Å²) in [5.74, 6) is 0.881. The predicted octanol–water partition coefficient (Wildman–Crippen LogP) is 2.51. The number of aryl methyl sites for hydroxylation is 1. The molecule has 0 aromatic carbocycles. The summed E-state index contributed by atoms with van der Waals surface area (Å²) in [5.41, 5.74) is 1.31. The molecule has 1 N–H and O–H groups in total. The van der Waals surface area contributed by atoms with E-state index in [1.54, 1.807) is 0 Å². The molecule has 1 aromatic heterocycles. The van der Waals surface area contributed by atoms with Crippen molar-refractivity contribution in [1.82, 2.24) is 20.0 Å². The van der Waals surface area contributed by atoms with Crippen LogP contribution in [0.2, 0.25) is 0 Å². The normalized spacial score (nSPS) is 23.8. The van der Waals surface area contributed by atoms with Gasteiger partial charge in [0.2, 0.25) is 5.91 Å². The zero-order chi connectivity index (χ0) is 16.8. The van der Waals surface area contributed by atoms with Gasteiger partial charge in [-0.2, -0.15) is 5.10 Å². The van der Waals surface area contributed by atoms with Crippen molar-refractivity contribution in [2.24, 2.45) is 13.0 Å². The standard InChI is InChI=1S/C19H32N4O/c1-22-13-17(12-20-22)11-16-9-10-23(14-16)15-19(24)21-18-7-5-3-2-4-6-8-18/h12-13,16,18H,2-11,14-15H2,1H3,(H,21,24). The second-order valence-corrected chi connectivity index (χ2v) is 7.73. The first kappa shape index (κ1) is 17.5. The number of likely N-dealkylation sites (tertiary alicyclic amines) is 1. The zero-order valence-electron chi connectivity index (χ0n) is 15.0. The van der Waals surface area contributed by atoms with Crippen molar-refractivity contribution in [3.05, 3.63) is 18.0 Å². The number of carbonyl (C=O) groups excluding carboxylic acids is 1. The molecule has 2 heterocycles. The summed E-state index contributed by atoms with van der Waals surface area (Å²) in [4.78, 5) is 14.7. The Morgan fingerprint density at radius 2 is 1.96 bits per heavy atom. The molecule has 5 nitrogen and oxygen atoms in total. The highest BCUT2D eigenvalue weighted by Crippen LogP contribution is 2.21. The second-order valence-electron chi connectivity index (χ2n) is 7.73. The minimum atomic E-state index is 0.225. The minimum Gasteiger partial charge on any atom is -0.352 e. The quantitative estimate of drug-likeness (QED) is 0.901. The largest absolute Gasteiger partial charge is 0.352 e. The summed E-state index contributed by atoms with van der Waals surface area (Å²) in [6.45, 7) is 2.65. The summed E-state index contributed by atoms with van der Waals surface area (Å²) < 4.78 is 1.87. The van der Waals surface area contributed by atoms with Crippen LogP contribution < -0.4 is 5.32 Å². The molecular formula is C19H32N4O. The van der Waals surface area contributed by atoms with E-state index in [-0.39, 0.29) is 5.91 Å². The number of carbonyl (C=O) groups is 1. The van der Waals surface area contributed by atoms with Crippen molar-refractivity contribution in [3.8, 4) is 0 Å². The van der Waals surface area contributed by atoms with E-state index in [2.05, 4.69) is 21.5 Å². The molecule has 2 aliphatic rings. The van der Waals surface area contributed by atoms with Gasteiger partial charge in [-0.3, -0.25) is 14.4 Å². The topological polar surface area (TPSA) is 50.2 Å². The van der Waals surface area contributed by atoms with Crippen LogP contribution in [0, 0.1) is 5.92 Å². The summed E-state index contributed by atoms with van der Waals surface area (Å²) >= 11 is 0. The number of aromatic nitrogens is 2. The number of hydrogen-bond donors (Lipinski definition) is 1. The van der Waals surface area contributed by atoms with Gasteiger partial charge in [0.15, 0.2) is 0 Å². The van der Waals surface area contributed by atoms with Crippen LogP contribution in [-0.4, -0.2) is 46.3 Å². The molecule has 1 aliphatic heterocycles. The van der Waals surface area contributed by atoms with Crippen LogP contribution in [0.5, 0.6) is 0 Å². The molecule has 2 fully saturated rings. The summed E-state index contributed by atoms with van der Waals surface area (Å²) in [6, 6.07) is 0.409. The SMILES string of the molecule is Cn1cc(CC2CCN(CC(=O)NC3CCCCCCC3)C2)cn1. The van der Waals surface area contributed by atoms with Gasteiger partial charge in [0.25, 0.3) is 0 Å². The summed E-state index contributed by atoms with van der Waals surface area (Å²) in [7, 11) is 1.96. The van der Waals surface area contributed by atoms with Gasteiger partial charge in [-0.25, -0.2) is 0 Å². The molecule has 0 bridgehead atoms. The Kier molecular flexibility index (Phi) is 6.30. The first-order valence-electron chi connectivity index (χ1n) is 9.68. The summed E-state index contributed by atoms with van der Waals surface area (Å²) in [6.07, 6.45) is 15.2. The lowest BCUT2D eigenvalue weighted by Gasteiger charge is -2.23. The Morgan fingerprint density at radius 3 is 2.67 bits per heavy atom. The molecule has 1 saturated heterocycles. The fraction of sp³-hybridized carbons (Fsp3) is 0.789. The Labute approximate surface area is 145 Å². The Balaban J connectivity index is 1.38. The second kappa shape index (κ2) is 8.65.